The van der Waals surface area contributed by atoms with Gasteiger partial charge in [-0.3, -0.25) is 4.79 Å². The number of aromatic nitrogens is 2. The third-order valence-corrected chi connectivity index (χ3v) is 3.27. The van der Waals surface area contributed by atoms with Crippen LogP contribution < -0.4 is 10.6 Å². The SMILES string of the molecule is CCCNc1ccc(C(=O)NC2CCOC(C)C2)nn1. The van der Waals surface area contributed by atoms with Gasteiger partial charge in [-0.2, -0.15) is 0 Å². The van der Waals surface area contributed by atoms with Gasteiger partial charge in [-0.15, -0.1) is 10.2 Å². The number of nitrogens with zero attached hydrogens (tertiary/aromatic N) is 2. The second-order valence-electron chi connectivity index (χ2n) is 5.11. The number of carbonyl (C=O) groups excluding carboxylic acids is 1. The standard InChI is InChI=1S/C14H22N4O2/c1-3-7-15-13-5-4-12(17-18-13)14(19)16-11-6-8-20-10(2)9-11/h4-5,10-11H,3,6-9H2,1-2H3,(H,15,18)(H,16,19). The molecule has 1 aromatic heterocycles. The van der Waals surface area contributed by atoms with E-state index < -0.39 is 0 Å². The van der Waals surface area contributed by atoms with Gasteiger partial charge in [0.05, 0.1) is 6.10 Å². The summed E-state index contributed by atoms with van der Waals surface area (Å²) in [5.74, 6) is 0.529. The van der Waals surface area contributed by atoms with E-state index in [1.807, 2.05) is 6.92 Å². The minimum atomic E-state index is -0.168. The molecule has 0 aliphatic carbocycles. The number of hydrogen-bond donors (Lipinski definition) is 2. The molecule has 0 bridgehead atoms. The lowest BCUT2D eigenvalue weighted by molar-refractivity contribution is 0.0136. The smallest absolute Gasteiger partial charge is 0.272 e. The molecule has 2 atom stereocenters. The Bertz CT molecular complexity index is 435. The van der Waals surface area contributed by atoms with Crippen LogP contribution in [0.15, 0.2) is 12.1 Å². The first-order valence-electron chi connectivity index (χ1n) is 7.19. The normalized spacial score (nSPS) is 22.3. The summed E-state index contributed by atoms with van der Waals surface area (Å²) >= 11 is 0. The van der Waals surface area contributed by atoms with Crippen molar-refractivity contribution in [3.05, 3.63) is 17.8 Å². The van der Waals surface area contributed by atoms with Gasteiger partial charge in [-0.1, -0.05) is 6.92 Å². The van der Waals surface area contributed by atoms with Crippen LogP contribution in [0, 0.1) is 0 Å². The maximum absolute atomic E-state index is 12.1. The summed E-state index contributed by atoms with van der Waals surface area (Å²) < 4.78 is 5.46. The van der Waals surface area contributed by atoms with Crippen molar-refractivity contribution in [3.63, 3.8) is 0 Å². The van der Waals surface area contributed by atoms with Crippen molar-refractivity contribution in [2.45, 2.75) is 45.3 Å². The van der Waals surface area contributed by atoms with Gasteiger partial charge in [-0.25, -0.2) is 0 Å². The third-order valence-electron chi connectivity index (χ3n) is 3.27. The molecule has 6 heteroatoms. The predicted molar refractivity (Wildman–Crippen MR) is 76.7 cm³/mol. The zero-order valence-electron chi connectivity index (χ0n) is 12.1. The van der Waals surface area contributed by atoms with Gasteiger partial charge < -0.3 is 15.4 Å². The number of hydrogen-bond acceptors (Lipinski definition) is 5. The Kier molecular flexibility index (Phi) is 5.29. The molecular formula is C14H22N4O2. The molecule has 2 N–H and O–H groups in total. The van der Waals surface area contributed by atoms with Crippen LogP contribution in [-0.4, -0.2) is 41.4 Å². The summed E-state index contributed by atoms with van der Waals surface area (Å²) in [7, 11) is 0. The third kappa shape index (κ3) is 4.16. The van der Waals surface area contributed by atoms with E-state index in [4.69, 9.17) is 4.74 Å². The lowest BCUT2D eigenvalue weighted by atomic mass is 10.0. The topological polar surface area (TPSA) is 76.1 Å². The van der Waals surface area contributed by atoms with Gasteiger partial charge >= 0.3 is 0 Å². The first kappa shape index (κ1) is 14.7. The molecule has 1 amide bonds. The monoisotopic (exact) mass is 278 g/mol. The number of rotatable bonds is 5. The molecule has 0 aromatic carbocycles. The molecule has 1 aliphatic rings. The molecule has 2 heterocycles. The highest BCUT2D eigenvalue weighted by Gasteiger charge is 2.21. The molecule has 20 heavy (non-hydrogen) atoms. The van der Waals surface area contributed by atoms with E-state index in [1.165, 1.54) is 0 Å². The van der Waals surface area contributed by atoms with Gasteiger partial charge in [0.1, 0.15) is 5.82 Å². The highest BCUT2D eigenvalue weighted by atomic mass is 16.5. The molecule has 2 unspecified atom stereocenters. The van der Waals surface area contributed by atoms with Crippen LogP contribution in [-0.2, 0) is 4.74 Å². The molecule has 110 valence electrons. The fourth-order valence-corrected chi connectivity index (χ4v) is 2.19. The molecule has 0 saturated carbocycles. The molecule has 2 rings (SSSR count). The van der Waals surface area contributed by atoms with Gasteiger partial charge in [0, 0.05) is 19.2 Å². The van der Waals surface area contributed by atoms with E-state index >= 15 is 0 Å². The van der Waals surface area contributed by atoms with E-state index in [0.717, 1.165) is 25.8 Å². The van der Waals surface area contributed by atoms with Crippen molar-refractivity contribution >= 4 is 11.7 Å². The van der Waals surface area contributed by atoms with E-state index in [-0.39, 0.29) is 18.1 Å². The second-order valence-corrected chi connectivity index (χ2v) is 5.11. The lowest BCUT2D eigenvalue weighted by Crippen LogP contribution is -2.41. The van der Waals surface area contributed by atoms with Crippen molar-refractivity contribution in [2.24, 2.45) is 0 Å². The fraction of sp³-hybridized carbons (Fsp3) is 0.643. The van der Waals surface area contributed by atoms with E-state index in [2.05, 4.69) is 27.8 Å². The van der Waals surface area contributed by atoms with Gasteiger partial charge in [-0.05, 0) is 38.3 Å². The van der Waals surface area contributed by atoms with Gasteiger partial charge in [0.15, 0.2) is 5.69 Å². The molecule has 6 nitrogen and oxygen atoms in total. The predicted octanol–water partition coefficient (Wildman–Crippen LogP) is 1.60. The van der Waals surface area contributed by atoms with Gasteiger partial charge in [0.25, 0.3) is 5.91 Å². The highest BCUT2D eigenvalue weighted by Crippen LogP contribution is 2.13. The molecule has 0 radical (unpaired) electrons. The van der Waals surface area contributed by atoms with Crippen molar-refractivity contribution in [3.8, 4) is 0 Å². The molecule has 1 aromatic rings. The minimum Gasteiger partial charge on any atom is -0.378 e. The zero-order chi connectivity index (χ0) is 14.4. The fourth-order valence-electron chi connectivity index (χ4n) is 2.19. The van der Waals surface area contributed by atoms with Crippen LogP contribution in [0.2, 0.25) is 0 Å². The maximum Gasteiger partial charge on any atom is 0.272 e. The van der Waals surface area contributed by atoms with Crippen LogP contribution in [0.4, 0.5) is 5.82 Å². The first-order chi connectivity index (χ1) is 9.69. The summed E-state index contributed by atoms with van der Waals surface area (Å²) in [6, 6.07) is 3.64. The average molecular weight is 278 g/mol. The van der Waals surface area contributed by atoms with E-state index in [0.29, 0.717) is 18.1 Å². The molecule has 1 saturated heterocycles. The number of ether oxygens (including phenoxy) is 1. The molecular weight excluding hydrogens is 256 g/mol. The van der Waals surface area contributed by atoms with Gasteiger partial charge in [0.2, 0.25) is 0 Å². The summed E-state index contributed by atoms with van der Waals surface area (Å²) in [4.78, 5) is 12.1. The van der Waals surface area contributed by atoms with Crippen LogP contribution in [0.25, 0.3) is 0 Å². The van der Waals surface area contributed by atoms with Crippen LogP contribution in [0.3, 0.4) is 0 Å². The Morgan fingerprint density at radius 3 is 2.95 bits per heavy atom. The van der Waals surface area contributed by atoms with E-state index in [1.54, 1.807) is 12.1 Å². The van der Waals surface area contributed by atoms with Crippen molar-refractivity contribution in [1.82, 2.24) is 15.5 Å². The lowest BCUT2D eigenvalue weighted by Gasteiger charge is -2.27. The molecule has 1 fully saturated rings. The Morgan fingerprint density at radius 1 is 1.45 bits per heavy atom. The van der Waals surface area contributed by atoms with Crippen molar-refractivity contribution < 1.29 is 9.53 Å². The largest absolute Gasteiger partial charge is 0.378 e. The number of amides is 1. The second kappa shape index (κ2) is 7.19. The summed E-state index contributed by atoms with van der Waals surface area (Å²) in [5, 5.41) is 14.1. The Hall–Kier alpha value is -1.69. The maximum atomic E-state index is 12.1. The number of nitrogens with one attached hydrogen (secondary N) is 2. The molecule has 0 spiro atoms. The molecule has 1 aliphatic heterocycles. The van der Waals surface area contributed by atoms with Crippen molar-refractivity contribution in [2.75, 3.05) is 18.5 Å². The Labute approximate surface area is 119 Å². The first-order valence-corrected chi connectivity index (χ1v) is 7.19. The van der Waals surface area contributed by atoms with Crippen molar-refractivity contribution in [1.29, 1.82) is 0 Å². The highest BCUT2D eigenvalue weighted by molar-refractivity contribution is 5.92. The Morgan fingerprint density at radius 2 is 2.30 bits per heavy atom. The Balaban J connectivity index is 1.88. The van der Waals surface area contributed by atoms with Crippen LogP contribution in [0.5, 0.6) is 0 Å². The summed E-state index contributed by atoms with van der Waals surface area (Å²) in [5.41, 5.74) is 0.353. The number of carbonyl (C=O) groups is 1. The van der Waals surface area contributed by atoms with Crippen LogP contribution >= 0.6 is 0 Å². The zero-order valence-corrected chi connectivity index (χ0v) is 12.1. The quantitative estimate of drug-likeness (QED) is 0.855. The average Bonchev–Trinajstić information content (AvgIpc) is 2.45. The van der Waals surface area contributed by atoms with E-state index in [9.17, 15) is 4.79 Å². The summed E-state index contributed by atoms with van der Waals surface area (Å²) in [6.07, 6.45) is 2.90. The summed E-state index contributed by atoms with van der Waals surface area (Å²) in [6.45, 7) is 5.64. The number of anilines is 1. The van der Waals surface area contributed by atoms with Crippen LogP contribution in [0.1, 0.15) is 43.6 Å². The minimum absolute atomic E-state index is 0.158.